The number of carbonyl (C=O) groups is 1. The summed E-state index contributed by atoms with van der Waals surface area (Å²) in [5.41, 5.74) is 1.89. The monoisotopic (exact) mass is 329 g/mol. The molecule has 0 aromatic heterocycles. The Kier molecular flexibility index (Phi) is 6.58. The molecule has 1 amide bonds. The molecule has 24 heavy (non-hydrogen) atoms. The van der Waals surface area contributed by atoms with E-state index in [0.717, 1.165) is 37.3 Å². The van der Waals surface area contributed by atoms with Gasteiger partial charge in [0.15, 0.2) is 0 Å². The smallest absolute Gasteiger partial charge is 0.249 e. The number of rotatable bonds is 5. The molecule has 0 radical (unpaired) electrons. The molecule has 2 unspecified atom stereocenters. The van der Waals surface area contributed by atoms with E-state index in [2.05, 4.69) is 37.7 Å². The molecule has 1 aromatic rings. The van der Waals surface area contributed by atoms with Crippen LogP contribution in [0.15, 0.2) is 35.9 Å². The summed E-state index contributed by atoms with van der Waals surface area (Å²) in [6, 6.07) is 10.8. The fraction of sp³-hybridized carbons (Fsp3) is 0.550. The molecule has 0 spiro atoms. The van der Waals surface area contributed by atoms with E-state index in [1.807, 2.05) is 48.2 Å². The molecular formula is C20H31N3O. The van der Waals surface area contributed by atoms with Crippen LogP contribution in [0.25, 0.3) is 6.08 Å². The summed E-state index contributed by atoms with van der Waals surface area (Å²) in [6.45, 7) is 10.1. The first-order valence-corrected chi connectivity index (χ1v) is 8.81. The highest BCUT2D eigenvalue weighted by molar-refractivity contribution is 5.97. The van der Waals surface area contributed by atoms with Gasteiger partial charge >= 0.3 is 0 Å². The van der Waals surface area contributed by atoms with Gasteiger partial charge in [-0.15, -0.1) is 0 Å². The first kappa shape index (κ1) is 18.7. The summed E-state index contributed by atoms with van der Waals surface area (Å²) in [5, 5.41) is 0. The second-order valence-corrected chi connectivity index (χ2v) is 7.19. The number of nitrogens with zero attached hydrogens (tertiary/aromatic N) is 3. The normalized spacial score (nSPS) is 22.9. The second-order valence-electron chi connectivity index (χ2n) is 7.19. The molecule has 0 N–H and O–H groups in total. The van der Waals surface area contributed by atoms with Crippen molar-refractivity contribution < 1.29 is 4.79 Å². The molecule has 1 aliphatic heterocycles. The van der Waals surface area contributed by atoms with Crippen LogP contribution in [0.1, 0.15) is 26.3 Å². The summed E-state index contributed by atoms with van der Waals surface area (Å²) in [6.07, 6.45) is 1.98. The first-order valence-electron chi connectivity index (χ1n) is 8.81. The Balaban J connectivity index is 2.00. The number of hydrogen-bond acceptors (Lipinski definition) is 3. The van der Waals surface area contributed by atoms with Crippen LogP contribution in [-0.2, 0) is 4.79 Å². The molecule has 132 valence electrons. The van der Waals surface area contributed by atoms with Gasteiger partial charge in [-0.2, -0.15) is 0 Å². The molecule has 0 saturated carbocycles. The van der Waals surface area contributed by atoms with Gasteiger partial charge < -0.3 is 9.80 Å². The Labute approximate surface area is 146 Å². The summed E-state index contributed by atoms with van der Waals surface area (Å²) < 4.78 is 0. The van der Waals surface area contributed by atoms with Crippen molar-refractivity contribution in [3.8, 4) is 0 Å². The van der Waals surface area contributed by atoms with Crippen molar-refractivity contribution in [3.63, 3.8) is 0 Å². The quantitative estimate of drug-likeness (QED) is 0.777. The molecule has 1 aromatic carbocycles. The van der Waals surface area contributed by atoms with E-state index in [0.29, 0.717) is 12.1 Å². The number of benzene rings is 1. The van der Waals surface area contributed by atoms with Crippen LogP contribution in [0.4, 0.5) is 0 Å². The number of hydrogen-bond donors (Lipinski definition) is 0. The topological polar surface area (TPSA) is 26.8 Å². The van der Waals surface area contributed by atoms with Crippen molar-refractivity contribution in [2.24, 2.45) is 0 Å². The maximum atomic E-state index is 12.8. The zero-order valence-corrected chi connectivity index (χ0v) is 15.7. The molecule has 2 rings (SSSR count). The second kappa shape index (κ2) is 8.45. The minimum atomic E-state index is 0.157. The lowest BCUT2D eigenvalue weighted by molar-refractivity contribution is -0.131. The summed E-state index contributed by atoms with van der Waals surface area (Å²) in [4.78, 5) is 19.5. The molecule has 1 fully saturated rings. The lowest BCUT2D eigenvalue weighted by Gasteiger charge is -2.45. The Morgan fingerprint density at radius 2 is 1.75 bits per heavy atom. The molecule has 2 atom stereocenters. The number of likely N-dealkylation sites (N-methyl/N-ethyl adjacent to an activating group) is 1. The van der Waals surface area contributed by atoms with E-state index >= 15 is 0 Å². The highest BCUT2D eigenvalue weighted by Gasteiger charge is 2.31. The van der Waals surface area contributed by atoms with Gasteiger partial charge in [0.1, 0.15) is 0 Å². The van der Waals surface area contributed by atoms with Crippen molar-refractivity contribution in [1.82, 2.24) is 14.7 Å². The number of piperazine rings is 1. The van der Waals surface area contributed by atoms with Crippen LogP contribution >= 0.6 is 0 Å². The molecule has 4 nitrogen and oxygen atoms in total. The maximum Gasteiger partial charge on any atom is 0.249 e. The van der Waals surface area contributed by atoms with E-state index in [4.69, 9.17) is 0 Å². The minimum absolute atomic E-state index is 0.157. The third-order valence-corrected chi connectivity index (χ3v) is 4.71. The standard InChI is InChI=1S/C20H31N3O/c1-16(13-19-9-7-6-8-10-19)20(24)22-14-17(2)23(18(3)15-22)12-11-21(4)5/h6-10,13,17-18H,11-12,14-15H2,1-5H3/b16-13+. The van der Waals surface area contributed by atoms with Crippen LogP contribution in [-0.4, -0.2) is 73.0 Å². The van der Waals surface area contributed by atoms with Crippen molar-refractivity contribution in [2.45, 2.75) is 32.9 Å². The van der Waals surface area contributed by atoms with Crippen molar-refractivity contribution in [1.29, 1.82) is 0 Å². The van der Waals surface area contributed by atoms with Crippen molar-refractivity contribution in [2.75, 3.05) is 40.3 Å². The third-order valence-electron chi connectivity index (χ3n) is 4.71. The Morgan fingerprint density at radius 1 is 1.17 bits per heavy atom. The van der Waals surface area contributed by atoms with Gasteiger partial charge in [0.25, 0.3) is 0 Å². The van der Waals surface area contributed by atoms with Gasteiger partial charge in [0.05, 0.1) is 0 Å². The predicted octanol–water partition coefficient (Wildman–Crippen LogP) is 2.57. The van der Waals surface area contributed by atoms with Crippen LogP contribution in [0.3, 0.4) is 0 Å². The van der Waals surface area contributed by atoms with Gasteiger partial charge in [-0.3, -0.25) is 9.69 Å². The Hall–Kier alpha value is -1.65. The van der Waals surface area contributed by atoms with E-state index in [9.17, 15) is 4.79 Å². The zero-order chi connectivity index (χ0) is 17.7. The van der Waals surface area contributed by atoms with Crippen molar-refractivity contribution in [3.05, 3.63) is 41.5 Å². The summed E-state index contributed by atoms with van der Waals surface area (Å²) in [5.74, 6) is 0.157. The maximum absolute atomic E-state index is 12.8. The fourth-order valence-corrected chi connectivity index (χ4v) is 3.39. The van der Waals surface area contributed by atoms with Gasteiger partial charge in [-0.05, 0) is 46.5 Å². The van der Waals surface area contributed by atoms with Crippen LogP contribution < -0.4 is 0 Å². The number of amides is 1. The summed E-state index contributed by atoms with van der Waals surface area (Å²) in [7, 11) is 4.21. The highest BCUT2D eigenvalue weighted by Crippen LogP contribution is 2.18. The predicted molar refractivity (Wildman–Crippen MR) is 101 cm³/mol. The lowest BCUT2D eigenvalue weighted by atomic mass is 10.1. The first-order chi connectivity index (χ1) is 11.4. The van der Waals surface area contributed by atoms with Gasteiger partial charge in [0.2, 0.25) is 5.91 Å². The summed E-state index contributed by atoms with van der Waals surface area (Å²) >= 11 is 0. The molecule has 1 heterocycles. The van der Waals surface area contributed by atoms with Gasteiger partial charge in [-0.1, -0.05) is 30.3 Å². The van der Waals surface area contributed by atoms with Gasteiger partial charge in [-0.25, -0.2) is 0 Å². The largest absolute Gasteiger partial charge is 0.336 e. The third kappa shape index (κ3) is 4.92. The van der Waals surface area contributed by atoms with Crippen LogP contribution in [0, 0.1) is 0 Å². The lowest BCUT2D eigenvalue weighted by Crippen LogP contribution is -2.59. The SMILES string of the molecule is C/C(=C\c1ccccc1)C(=O)N1CC(C)N(CCN(C)C)C(C)C1. The fourth-order valence-electron chi connectivity index (χ4n) is 3.39. The van der Waals surface area contributed by atoms with Crippen LogP contribution in [0.2, 0.25) is 0 Å². The Morgan fingerprint density at radius 3 is 2.29 bits per heavy atom. The molecule has 1 saturated heterocycles. The molecular weight excluding hydrogens is 298 g/mol. The van der Waals surface area contributed by atoms with E-state index in [-0.39, 0.29) is 5.91 Å². The minimum Gasteiger partial charge on any atom is -0.336 e. The molecule has 4 heteroatoms. The van der Waals surface area contributed by atoms with E-state index in [1.165, 1.54) is 0 Å². The van der Waals surface area contributed by atoms with E-state index in [1.54, 1.807) is 0 Å². The van der Waals surface area contributed by atoms with Crippen molar-refractivity contribution >= 4 is 12.0 Å². The highest BCUT2D eigenvalue weighted by atomic mass is 16.2. The molecule has 0 aliphatic carbocycles. The molecule has 1 aliphatic rings. The number of carbonyl (C=O) groups excluding carboxylic acids is 1. The average Bonchev–Trinajstić information content (AvgIpc) is 2.53. The average molecular weight is 329 g/mol. The van der Waals surface area contributed by atoms with Crippen LogP contribution in [0.5, 0.6) is 0 Å². The molecule has 0 bridgehead atoms. The zero-order valence-electron chi connectivity index (χ0n) is 15.7. The van der Waals surface area contributed by atoms with Gasteiger partial charge in [0, 0.05) is 43.8 Å². The van der Waals surface area contributed by atoms with E-state index < -0.39 is 0 Å². The Bertz CT molecular complexity index is 556.